The van der Waals surface area contributed by atoms with Crippen molar-refractivity contribution in [2.45, 2.75) is 52.0 Å². The Balaban J connectivity index is 2.35. The average molecular weight is 248 g/mol. The van der Waals surface area contributed by atoms with Gasteiger partial charge in [-0.3, -0.25) is 0 Å². The molecule has 1 heterocycles. The molecule has 18 heavy (non-hydrogen) atoms. The van der Waals surface area contributed by atoms with Crippen molar-refractivity contribution in [1.29, 1.82) is 0 Å². The fraction of sp³-hybridized carbons (Fsp3) is 0.714. The first kappa shape index (κ1) is 13.1. The standard InChI is InChI=1S/C14H24N4/c1-5-15-13-12(10(2)3)14(17-9-16-13)18(4)11-7-6-8-11/h9-11H,5-8H2,1-4H3,(H,15,16,17). The van der Waals surface area contributed by atoms with Gasteiger partial charge in [0.15, 0.2) is 0 Å². The lowest BCUT2D eigenvalue weighted by atomic mass is 9.91. The van der Waals surface area contributed by atoms with Crippen LogP contribution >= 0.6 is 0 Å². The van der Waals surface area contributed by atoms with Crippen LogP contribution in [-0.2, 0) is 0 Å². The highest BCUT2D eigenvalue weighted by atomic mass is 15.2. The maximum atomic E-state index is 4.52. The van der Waals surface area contributed by atoms with E-state index in [2.05, 4.69) is 48.0 Å². The number of aromatic nitrogens is 2. The Labute approximate surface area is 110 Å². The Morgan fingerprint density at radius 2 is 2.11 bits per heavy atom. The minimum absolute atomic E-state index is 0.428. The van der Waals surface area contributed by atoms with E-state index < -0.39 is 0 Å². The van der Waals surface area contributed by atoms with Crippen molar-refractivity contribution < 1.29 is 0 Å². The molecule has 0 aromatic carbocycles. The third kappa shape index (κ3) is 2.42. The van der Waals surface area contributed by atoms with Gasteiger partial charge >= 0.3 is 0 Å². The van der Waals surface area contributed by atoms with Crippen molar-refractivity contribution in [3.8, 4) is 0 Å². The van der Waals surface area contributed by atoms with Crippen LogP contribution in [0, 0.1) is 0 Å². The summed E-state index contributed by atoms with van der Waals surface area (Å²) in [5, 5.41) is 3.35. The number of rotatable bonds is 5. The first-order chi connectivity index (χ1) is 8.65. The molecule has 0 unspecified atom stereocenters. The Bertz CT molecular complexity index is 399. The highest BCUT2D eigenvalue weighted by molar-refractivity contribution is 5.60. The number of nitrogens with zero attached hydrogens (tertiary/aromatic N) is 3. The average Bonchev–Trinajstić information content (AvgIpc) is 2.26. The van der Waals surface area contributed by atoms with Gasteiger partial charge in [-0.05, 0) is 32.1 Å². The van der Waals surface area contributed by atoms with Gasteiger partial charge < -0.3 is 10.2 Å². The summed E-state index contributed by atoms with van der Waals surface area (Å²) in [4.78, 5) is 11.2. The molecule has 1 aliphatic carbocycles. The van der Waals surface area contributed by atoms with E-state index in [1.807, 2.05) is 0 Å². The molecule has 1 N–H and O–H groups in total. The monoisotopic (exact) mass is 248 g/mol. The van der Waals surface area contributed by atoms with Gasteiger partial charge in [-0.2, -0.15) is 0 Å². The van der Waals surface area contributed by atoms with Crippen LogP contribution < -0.4 is 10.2 Å². The molecule has 0 aliphatic heterocycles. The van der Waals surface area contributed by atoms with Gasteiger partial charge in [-0.25, -0.2) is 9.97 Å². The Morgan fingerprint density at radius 3 is 2.61 bits per heavy atom. The molecule has 4 heteroatoms. The van der Waals surface area contributed by atoms with Gasteiger partial charge in [0.2, 0.25) is 0 Å². The molecule has 1 aromatic rings. The van der Waals surface area contributed by atoms with Crippen molar-refractivity contribution >= 4 is 11.6 Å². The van der Waals surface area contributed by atoms with Crippen LogP contribution in [-0.4, -0.2) is 29.6 Å². The fourth-order valence-electron chi connectivity index (χ4n) is 2.45. The first-order valence-corrected chi connectivity index (χ1v) is 6.96. The molecule has 100 valence electrons. The summed E-state index contributed by atoms with van der Waals surface area (Å²) in [6, 6.07) is 0.659. The molecule has 1 aliphatic rings. The van der Waals surface area contributed by atoms with E-state index in [1.165, 1.54) is 24.8 Å². The van der Waals surface area contributed by atoms with Gasteiger partial charge in [-0.1, -0.05) is 13.8 Å². The summed E-state index contributed by atoms with van der Waals surface area (Å²) in [6.07, 6.45) is 5.59. The molecule has 1 fully saturated rings. The van der Waals surface area contributed by atoms with Gasteiger partial charge in [0.05, 0.1) is 0 Å². The van der Waals surface area contributed by atoms with Crippen molar-refractivity contribution in [3.05, 3.63) is 11.9 Å². The summed E-state index contributed by atoms with van der Waals surface area (Å²) in [5.74, 6) is 2.52. The number of hydrogen-bond donors (Lipinski definition) is 1. The third-order valence-corrected chi connectivity index (χ3v) is 3.74. The normalized spacial score (nSPS) is 15.6. The van der Waals surface area contributed by atoms with Crippen LogP contribution in [0.4, 0.5) is 11.6 Å². The molecular weight excluding hydrogens is 224 g/mol. The van der Waals surface area contributed by atoms with E-state index in [-0.39, 0.29) is 0 Å². The number of hydrogen-bond acceptors (Lipinski definition) is 4. The Hall–Kier alpha value is -1.32. The second-order valence-corrected chi connectivity index (χ2v) is 5.34. The zero-order valence-corrected chi connectivity index (χ0v) is 11.9. The number of nitrogens with one attached hydrogen (secondary N) is 1. The molecular formula is C14H24N4. The van der Waals surface area contributed by atoms with Gasteiger partial charge in [-0.15, -0.1) is 0 Å². The minimum Gasteiger partial charge on any atom is -0.370 e. The third-order valence-electron chi connectivity index (χ3n) is 3.74. The summed E-state index contributed by atoms with van der Waals surface area (Å²) < 4.78 is 0. The lowest BCUT2D eigenvalue weighted by molar-refractivity contribution is 0.398. The van der Waals surface area contributed by atoms with Crippen molar-refractivity contribution in [3.63, 3.8) is 0 Å². The summed E-state index contributed by atoms with van der Waals surface area (Å²) >= 11 is 0. The van der Waals surface area contributed by atoms with Crippen molar-refractivity contribution in [2.75, 3.05) is 23.8 Å². The van der Waals surface area contributed by atoms with Crippen molar-refractivity contribution in [1.82, 2.24) is 9.97 Å². The van der Waals surface area contributed by atoms with E-state index in [9.17, 15) is 0 Å². The lowest BCUT2D eigenvalue weighted by Gasteiger charge is -2.37. The number of anilines is 2. The SMILES string of the molecule is CCNc1ncnc(N(C)C2CCC2)c1C(C)C. The zero-order chi connectivity index (χ0) is 13.1. The van der Waals surface area contributed by atoms with Gasteiger partial charge in [0.1, 0.15) is 18.0 Å². The van der Waals surface area contributed by atoms with E-state index in [0.717, 1.165) is 18.2 Å². The van der Waals surface area contributed by atoms with Crippen LogP contribution in [0.25, 0.3) is 0 Å². The Morgan fingerprint density at radius 1 is 1.39 bits per heavy atom. The summed E-state index contributed by atoms with van der Waals surface area (Å²) in [7, 11) is 2.16. The van der Waals surface area contributed by atoms with Crippen LogP contribution in [0.15, 0.2) is 6.33 Å². The first-order valence-electron chi connectivity index (χ1n) is 6.96. The van der Waals surface area contributed by atoms with E-state index in [1.54, 1.807) is 6.33 Å². The maximum absolute atomic E-state index is 4.52. The molecule has 1 aromatic heterocycles. The van der Waals surface area contributed by atoms with E-state index in [4.69, 9.17) is 0 Å². The molecule has 0 atom stereocenters. The Kier molecular flexibility index (Phi) is 4.04. The molecule has 0 spiro atoms. The predicted molar refractivity (Wildman–Crippen MR) is 76.3 cm³/mol. The van der Waals surface area contributed by atoms with Crippen LogP contribution in [0.5, 0.6) is 0 Å². The highest BCUT2D eigenvalue weighted by Crippen LogP contribution is 2.34. The molecule has 0 amide bonds. The fourth-order valence-corrected chi connectivity index (χ4v) is 2.45. The predicted octanol–water partition coefficient (Wildman–Crippen LogP) is 3.02. The molecule has 2 rings (SSSR count). The van der Waals surface area contributed by atoms with Gasteiger partial charge in [0.25, 0.3) is 0 Å². The topological polar surface area (TPSA) is 41.1 Å². The second-order valence-electron chi connectivity index (χ2n) is 5.34. The smallest absolute Gasteiger partial charge is 0.137 e. The van der Waals surface area contributed by atoms with Crippen LogP contribution in [0.3, 0.4) is 0 Å². The molecule has 4 nitrogen and oxygen atoms in total. The van der Waals surface area contributed by atoms with E-state index in [0.29, 0.717) is 12.0 Å². The second kappa shape index (κ2) is 5.55. The van der Waals surface area contributed by atoms with Crippen LogP contribution in [0.2, 0.25) is 0 Å². The quantitative estimate of drug-likeness (QED) is 0.869. The zero-order valence-electron chi connectivity index (χ0n) is 11.9. The lowest BCUT2D eigenvalue weighted by Crippen LogP contribution is -2.38. The summed E-state index contributed by atoms with van der Waals surface area (Å²) in [5.41, 5.74) is 1.24. The van der Waals surface area contributed by atoms with Crippen LogP contribution in [0.1, 0.15) is 51.5 Å². The minimum atomic E-state index is 0.428. The maximum Gasteiger partial charge on any atom is 0.137 e. The highest BCUT2D eigenvalue weighted by Gasteiger charge is 2.26. The van der Waals surface area contributed by atoms with Crippen molar-refractivity contribution in [2.24, 2.45) is 0 Å². The molecule has 0 bridgehead atoms. The summed E-state index contributed by atoms with van der Waals surface area (Å²) in [6.45, 7) is 7.40. The largest absolute Gasteiger partial charge is 0.370 e. The van der Waals surface area contributed by atoms with E-state index >= 15 is 0 Å². The molecule has 1 saturated carbocycles. The molecule has 0 saturated heterocycles. The molecule has 0 radical (unpaired) electrons. The van der Waals surface area contributed by atoms with Gasteiger partial charge in [0, 0.05) is 25.2 Å².